The molecule has 1 heterocycles. The third-order valence-corrected chi connectivity index (χ3v) is 6.38. The lowest BCUT2D eigenvalue weighted by atomic mass is 9.76. The molecule has 1 aliphatic heterocycles. The second kappa shape index (κ2) is 8.85. The van der Waals surface area contributed by atoms with Gasteiger partial charge in [0.05, 0.1) is 27.6 Å². The highest BCUT2D eigenvalue weighted by Crippen LogP contribution is 2.46. The molecule has 32 heavy (non-hydrogen) atoms. The van der Waals surface area contributed by atoms with E-state index in [1.165, 1.54) is 12.1 Å². The molecule has 0 fully saturated rings. The van der Waals surface area contributed by atoms with E-state index in [0.717, 1.165) is 17.7 Å². The predicted octanol–water partition coefficient (Wildman–Crippen LogP) is 5.44. The van der Waals surface area contributed by atoms with Crippen LogP contribution in [0.25, 0.3) is 0 Å². The summed E-state index contributed by atoms with van der Waals surface area (Å²) in [5.74, 6) is -0.393. The molecule has 164 valence electrons. The van der Waals surface area contributed by atoms with Crippen molar-refractivity contribution >= 4 is 29.0 Å². The number of carbonyl (C=O) groups is 1. The molecule has 8 heteroatoms. The van der Waals surface area contributed by atoms with Gasteiger partial charge in [0, 0.05) is 24.7 Å². The third-order valence-electron chi connectivity index (χ3n) is 5.82. The first-order valence-corrected chi connectivity index (χ1v) is 10.8. The Balaban J connectivity index is 1.72. The van der Waals surface area contributed by atoms with Crippen LogP contribution in [0.15, 0.2) is 59.1 Å². The van der Waals surface area contributed by atoms with Gasteiger partial charge in [0.15, 0.2) is 11.5 Å². The molecule has 0 saturated carbocycles. The summed E-state index contributed by atoms with van der Waals surface area (Å²) in [4.78, 5) is 14.6. The van der Waals surface area contributed by atoms with Gasteiger partial charge in [-0.2, -0.15) is 5.26 Å². The topological polar surface area (TPSA) is 79.3 Å². The monoisotopic (exact) mass is 471 g/mol. The number of ketones is 1. The molecule has 5 nitrogen and oxygen atoms in total. The van der Waals surface area contributed by atoms with Crippen molar-refractivity contribution in [2.45, 2.75) is 31.8 Å². The molecule has 0 aromatic heterocycles. The molecule has 0 radical (unpaired) electrons. The Hall–Kier alpha value is -3.01. The van der Waals surface area contributed by atoms with E-state index in [9.17, 15) is 14.4 Å². The minimum absolute atomic E-state index is 0.00719. The van der Waals surface area contributed by atoms with E-state index in [0.29, 0.717) is 29.8 Å². The number of halogens is 3. The van der Waals surface area contributed by atoms with E-state index in [2.05, 4.69) is 6.07 Å². The maximum Gasteiger partial charge on any atom is 0.161 e. The Morgan fingerprint density at radius 3 is 2.50 bits per heavy atom. The number of nitriles is 1. The molecule has 0 bridgehead atoms. The average Bonchev–Trinajstić information content (AvgIpc) is 2.77. The van der Waals surface area contributed by atoms with Crippen molar-refractivity contribution in [2.24, 2.45) is 5.73 Å². The van der Waals surface area contributed by atoms with Gasteiger partial charge in [0.1, 0.15) is 18.2 Å². The van der Waals surface area contributed by atoms with Gasteiger partial charge in [-0.1, -0.05) is 35.3 Å². The lowest BCUT2D eigenvalue weighted by Gasteiger charge is -2.37. The SMILES string of the molecule is CN1C(N)=C(C#N)[C@@H](c2cc(Cl)c(OCc3ccc(F)cc3)c(Cl)c2)C2=C1CCCC2=O. The summed E-state index contributed by atoms with van der Waals surface area (Å²) in [7, 11) is 1.77. The normalized spacial score (nSPS) is 18.5. The van der Waals surface area contributed by atoms with Crippen molar-refractivity contribution in [3.05, 3.63) is 86.1 Å². The van der Waals surface area contributed by atoms with Gasteiger partial charge in [-0.15, -0.1) is 0 Å². The second-order valence-electron chi connectivity index (χ2n) is 7.77. The van der Waals surface area contributed by atoms with Crippen LogP contribution in [0, 0.1) is 17.1 Å². The highest BCUT2D eigenvalue weighted by molar-refractivity contribution is 6.37. The second-order valence-corrected chi connectivity index (χ2v) is 8.58. The maximum absolute atomic E-state index is 13.1. The Labute approximate surface area is 195 Å². The summed E-state index contributed by atoms with van der Waals surface area (Å²) in [6.07, 6.45) is 1.86. The predicted molar refractivity (Wildman–Crippen MR) is 120 cm³/mol. The molecule has 2 aromatic rings. The molecule has 1 aliphatic carbocycles. The molecule has 0 unspecified atom stereocenters. The smallest absolute Gasteiger partial charge is 0.161 e. The van der Waals surface area contributed by atoms with Crippen LogP contribution in [-0.4, -0.2) is 17.7 Å². The molecule has 0 spiro atoms. The van der Waals surface area contributed by atoms with E-state index in [1.807, 2.05) is 0 Å². The summed E-state index contributed by atoms with van der Waals surface area (Å²) in [6.45, 7) is 0.150. The van der Waals surface area contributed by atoms with E-state index < -0.39 is 5.92 Å². The summed E-state index contributed by atoms with van der Waals surface area (Å²) < 4.78 is 18.9. The van der Waals surface area contributed by atoms with Crippen molar-refractivity contribution in [1.29, 1.82) is 5.26 Å². The van der Waals surface area contributed by atoms with Gasteiger partial charge < -0.3 is 15.4 Å². The quantitative estimate of drug-likeness (QED) is 0.641. The van der Waals surface area contributed by atoms with Crippen LogP contribution in [0.4, 0.5) is 4.39 Å². The molecule has 2 aliphatic rings. The summed E-state index contributed by atoms with van der Waals surface area (Å²) in [5.41, 5.74) is 9.29. The van der Waals surface area contributed by atoms with Gasteiger partial charge in [-0.3, -0.25) is 4.79 Å². The number of ether oxygens (including phenoxy) is 1. The van der Waals surface area contributed by atoms with Crippen molar-refractivity contribution in [1.82, 2.24) is 4.90 Å². The zero-order chi connectivity index (χ0) is 23.0. The van der Waals surface area contributed by atoms with E-state index in [4.69, 9.17) is 33.7 Å². The van der Waals surface area contributed by atoms with Gasteiger partial charge >= 0.3 is 0 Å². The van der Waals surface area contributed by atoms with Crippen LogP contribution in [0.5, 0.6) is 5.75 Å². The molecular formula is C24H20Cl2FN3O2. The van der Waals surface area contributed by atoms with E-state index >= 15 is 0 Å². The van der Waals surface area contributed by atoms with Crippen molar-refractivity contribution in [2.75, 3.05) is 7.05 Å². The van der Waals surface area contributed by atoms with E-state index in [-0.39, 0.29) is 39.6 Å². The highest BCUT2D eigenvalue weighted by atomic mass is 35.5. The third kappa shape index (κ3) is 3.94. The number of Topliss-reactive ketones (excluding diaryl/α,β-unsaturated/α-hetero) is 1. The summed E-state index contributed by atoms with van der Waals surface area (Å²) in [6, 6.07) is 11.4. The van der Waals surface area contributed by atoms with Gasteiger partial charge in [-0.25, -0.2) is 4.39 Å². The fourth-order valence-electron chi connectivity index (χ4n) is 4.22. The first-order chi connectivity index (χ1) is 15.3. The first kappa shape index (κ1) is 22.2. The molecule has 1 atom stereocenters. The number of hydrogen-bond donors (Lipinski definition) is 1. The first-order valence-electron chi connectivity index (χ1n) is 10.1. The highest BCUT2D eigenvalue weighted by Gasteiger charge is 2.39. The van der Waals surface area contributed by atoms with Crippen LogP contribution in [0.1, 0.15) is 36.3 Å². The van der Waals surface area contributed by atoms with Gasteiger partial charge in [0.2, 0.25) is 0 Å². The number of rotatable bonds is 4. The summed E-state index contributed by atoms with van der Waals surface area (Å²) >= 11 is 13.0. The number of carbonyl (C=O) groups excluding carboxylic acids is 1. The molecule has 2 aromatic carbocycles. The maximum atomic E-state index is 13.1. The van der Waals surface area contributed by atoms with Crippen molar-refractivity contribution in [3.8, 4) is 11.8 Å². The van der Waals surface area contributed by atoms with Gasteiger partial charge in [-0.05, 0) is 48.2 Å². The Morgan fingerprint density at radius 2 is 1.88 bits per heavy atom. The average molecular weight is 472 g/mol. The molecule has 0 amide bonds. The van der Waals surface area contributed by atoms with Crippen LogP contribution in [0.3, 0.4) is 0 Å². The minimum Gasteiger partial charge on any atom is -0.486 e. The number of nitrogens with zero attached hydrogens (tertiary/aromatic N) is 2. The Morgan fingerprint density at radius 1 is 1.22 bits per heavy atom. The Bertz CT molecular complexity index is 1180. The van der Waals surface area contributed by atoms with Crippen LogP contribution >= 0.6 is 23.2 Å². The molecule has 2 N–H and O–H groups in total. The van der Waals surface area contributed by atoms with Crippen molar-refractivity contribution in [3.63, 3.8) is 0 Å². The summed E-state index contributed by atoms with van der Waals surface area (Å²) in [5, 5.41) is 10.3. The minimum atomic E-state index is -0.639. The fraction of sp³-hybridized carbons (Fsp3) is 0.250. The lowest BCUT2D eigenvalue weighted by molar-refractivity contribution is -0.116. The largest absolute Gasteiger partial charge is 0.486 e. The van der Waals surface area contributed by atoms with Crippen LogP contribution < -0.4 is 10.5 Å². The number of benzene rings is 2. The number of allylic oxidation sites excluding steroid dienone is 3. The fourth-order valence-corrected chi connectivity index (χ4v) is 4.83. The molecule has 4 rings (SSSR count). The zero-order valence-electron chi connectivity index (χ0n) is 17.3. The van der Waals surface area contributed by atoms with Crippen LogP contribution in [0.2, 0.25) is 10.0 Å². The van der Waals surface area contributed by atoms with E-state index in [1.54, 1.807) is 36.2 Å². The lowest BCUT2D eigenvalue weighted by Crippen LogP contribution is -2.36. The standard InChI is InChI=1S/C24H20Cl2FN3O2/c1-30-19-3-2-4-20(31)22(19)21(16(11-28)24(30)29)14-9-17(25)23(18(26)10-14)32-12-13-5-7-15(27)8-6-13/h5-10,21H,2-4,12,29H2,1H3/t21-/m1/s1. The Kier molecular flexibility index (Phi) is 6.14. The molecule has 0 saturated heterocycles. The zero-order valence-corrected chi connectivity index (χ0v) is 18.8. The number of nitrogens with two attached hydrogens (primary N) is 1. The van der Waals surface area contributed by atoms with Crippen LogP contribution in [-0.2, 0) is 11.4 Å². The molecular weight excluding hydrogens is 452 g/mol. The number of hydrogen-bond acceptors (Lipinski definition) is 5. The van der Waals surface area contributed by atoms with Crippen molar-refractivity contribution < 1.29 is 13.9 Å². The van der Waals surface area contributed by atoms with Gasteiger partial charge in [0.25, 0.3) is 0 Å².